The first-order valence-electron chi connectivity index (χ1n) is 11.0. The van der Waals surface area contributed by atoms with E-state index in [0.29, 0.717) is 43.4 Å². The summed E-state index contributed by atoms with van der Waals surface area (Å²) in [4.78, 5) is 30.0. The van der Waals surface area contributed by atoms with Gasteiger partial charge in [-0.05, 0) is 30.7 Å². The summed E-state index contributed by atoms with van der Waals surface area (Å²) in [7, 11) is 1.57. The van der Waals surface area contributed by atoms with E-state index in [1.54, 1.807) is 36.9 Å². The number of rotatable bonds is 6. The Bertz CT molecular complexity index is 1140. The van der Waals surface area contributed by atoms with Crippen molar-refractivity contribution >= 4 is 11.7 Å². The molecule has 1 saturated heterocycles. The second kappa shape index (κ2) is 9.51. The number of amides is 1. The smallest absolute Gasteiger partial charge is 0.244 e. The molecule has 3 aromatic rings. The maximum absolute atomic E-state index is 13.7. The molecule has 1 aliphatic heterocycles. The zero-order chi connectivity index (χ0) is 23.5. The predicted molar refractivity (Wildman–Crippen MR) is 122 cm³/mol. The highest BCUT2D eigenvalue weighted by Crippen LogP contribution is 2.22. The van der Waals surface area contributed by atoms with E-state index in [9.17, 15) is 9.18 Å². The standard InChI is InChI=1S/C23H28FN7O2/c1-15(2)23-27-22(17-5-6-18(24)16(3)11-17)28-31(23)13-21(32)30-9-7-29(8-10-30)19-12-20(33-4)26-14-25-19/h5-6,11-12,14-15H,7-10,13H2,1-4H3. The molecule has 1 amide bonds. The van der Waals surface area contributed by atoms with Crippen LogP contribution in [0.5, 0.6) is 5.88 Å². The second-order valence-corrected chi connectivity index (χ2v) is 8.36. The average Bonchev–Trinajstić information content (AvgIpc) is 3.25. The minimum atomic E-state index is -0.267. The van der Waals surface area contributed by atoms with Crippen LogP contribution in [0.4, 0.5) is 10.2 Å². The van der Waals surface area contributed by atoms with Crippen molar-refractivity contribution in [1.29, 1.82) is 0 Å². The maximum atomic E-state index is 13.7. The minimum Gasteiger partial charge on any atom is -0.481 e. The van der Waals surface area contributed by atoms with E-state index in [0.717, 1.165) is 17.2 Å². The molecule has 2 aromatic heterocycles. The van der Waals surface area contributed by atoms with E-state index in [-0.39, 0.29) is 24.2 Å². The van der Waals surface area contributed by atoms with Gasteiger partial charge in [0.1, 0.15) is 30.3 Å². The molecule has 0 N–H and O–H groups in total. The van der Waals surface area contributed by atoms with Crippen LogP contribution in [0.2, 0.25) is 0 Å². The Kier molecular flexibility index (Phi) is 6.52. The number of hydrogen-bond donors (Lipinski definition) is 0. The molecular formula is C23H28FN7O2. The Morgan fingerprint density at radius 1 is 1.15 bits per heavy atom. The third kappa shape index (κ3) is 4.94. The molecule has 3 heterocycles. The van der Waals surface area contributed by atoms with Crippen LogP contribution in [-0.2, 0) is 11.3 Å². The Labute approximate surface area is 192 Å². The third-order valence-electron chi connectivity index (χ3n) is 5.71. The quantitative estimate of drug-likeness (QED) is 0.567. The highest BCUT2D eigenvalue weighted by molar-refractivity contribution is 5.76. The van der Waals surface area contributed by atoms with E-state index in [1.807, 2.05) is 18.7 Å². The van der Waals surface area contributed by atoms with Gasteiger partial charge in [0.25, 0.3) is 0 Å². The Morgan fingerprint density at radius 3 is 2.58 bits per heavy atom. The summed E-state index contributed by atoms with van der Waals surface area (Å²) in [5, 5.41) is 4.58. The lowest BCUT2D eigenvalue weighted by Gasteiger charge is -2.35. The summed E-state index contributed by atoms with van der Waals surface area (Å²) >= 11 is 0. The zero-order valence-corrected chi connectivity index (χ0v) is 19.3. The van der Waals surface area contributed by atoms with Gasteiger partial charge in [0.15, 0.2) is 5.82 Å². The molecule has 0 atom stereocenters. The number of aryl methyl sites for hydroxylation is 1. The van der Waals surface area contributed by atoms with Gasteiger partial charge >= 0.3 is 0 Å². The van der Waals surface area contributed by atoms with Gasteiger partial charge in [0.2, 0.25) is 11.8 Å². The number of anilines is 1. The van der Waals surface area contributed by atoms with Gasteiger partial charge in [-0.3, -0.25) is 4.79 Å². The fourth-order valence-electron chi connectivity index (χ4n) is 3.83. The number of carbonyl (C=O) groups is 1. The SMILES string of the molecule is COc1cc(N2CCN(C(=O)Cn3nc(-c4ccc(F)c(C)c4)nc3C(C)C)CC2)ncn1. The van der Waals surface area contributed by atoms with Crippen molar-refractivity contribution in [1.82, 2.24) is 29.6 Å². The Hall–Kier alpha value is -3.56. The number of benzene rings is 1. The van der Waals surface area contributed by atoms with Crippen molar-refractivity contribution in [3.05, 3.63) is 47.8 Å². The molecule has 33 heavy (non-hydrogen) atoms. The van der Waals surface area contributed by atoms with E-state index in [1.165, 1.54) is 12.4 Å². The highest BCUT2D eigenvalue weighted by atomic mass is 19.1. The summed E-state index contributed by atoms with van der Waals surface area (Å²) in [5.41, 5.74) is 1.26. The lowest BCUT2D eigenvalue weighted by molar-refractivity contribution is -0.132. The number of piperazine rings is 1. The second-order valence-electron chi connectivity index (χ2n) is 8.36. The summed E-state index contributed by atoms with van der Waals surface area (Å²) in [6, 6.07) is 6.59. The highest BCUT2D eigenvalue weighted by Gasteiger charge is 2.24. The van der Waals surface area contributed by atoms with Crippen molar-refractivity contribution in [2.75, 3.05) is 38.2 Å². The lowest BCUT2D eigenvalue weighted by atomic mass is 10.1. The number of hydrogen-bond acceptors (Lipinski definition) is 7. The van der Waals surface area contributed by atoms with Gasteiger partial charge in [-0.15, -0.1) is 0 Å². The number of carbonyl (C=O) groups excluding carboxylic acids is 1. The lowest BCUT2D eigenvalue weighted by Crippen LogP contribution is -2.50. The summed E-state index contributed by atoms with van der Waals surface area (Å²) in [5.74, 6) is 2.33. The molecule has 0 unspecified atom stereocenters. The van der Waals surface area contributed by atoms with Gasteiger partial charge in [-0.1, -0.05) is 13.8 Å². The largest absolute Gasteiger partial charge is 0.481 e. The van der Waals surface area contributed by atoms with Gasteiger partial charge in [0.05, 0.1) is 7.11 Å². The van der Waals surface area contributed by atoms with Crippen LogP contribution in [0.25, 0.3) is 11.4 Å². The van der Waals surface area contributed by atoms with Crippen molar-refractivity contribution in [2.45, 2.75) is 33.2 Å². The van der Waals surface area contributed by atoms with Crippen LogP contribution in [0.15, 0.2) is 30.6 Å². The Balaban J connectivity index is 1.45. The fourth-order valence-corrected chi connectivity index (χ4v) is 3.83. The molecule has 9 nitrogen and oxygen atoms in total. The number of aromatic nitrogens is 5. The molecule has 10 heteroatoms. The minimum absolute atomic E-state index is 0.0106. The topological polar surface area (TPSA) is 89.3 Å². The van der Waals surface area contributed by atoms with E-state index >= 15 is 0 Å². The third-order valence-corrected chi connectivity index (χ3v) is 5.71. The van der Waals surface area contributed by atoms with Gasteiger partial charge in [0, 0.05) is 43.7 Å². The number of nitrogens with zero attached hydrogens (tertiary/aromatic N) is 7. The van der Waals surface area contributed by atoms with Crippen LogP contribution in [0.1, 0.15) is 31.2 Å². The summed E-state index contributed by atoms with van der Waals surface area (Å²) in [6.07, 6.45) is 1.48. The van der Waals surface area contributed by atoms with Crippen molar-refractivity contribution < 1.29 is 13.9 Å². The van der Waals surface area contributed by atoms with Crippen LogP contribution >= 0.6 is 0 Å². The molecule has 0 spiro atoms. The van der Waals surface area contributed by atoms with Crippen LogP contribution in [0, 0.1) is 12.7 Å². The van der Waals surface area contributed by atoms with Crippen molar-refractivity contribution in [2.24, 2.45) is 0 Å². The summed E-state index contributed by atoms with van der Waals surface area (Å²) < 4.78 is 20.5. The molecular weight excluding hydrogens is 425 g/mol. The first-order valence-corrected chi connectivity index (χ1v) is 11.0. The van der Waals surface area contributed by atoms with Crippen LogP contribution in [-0.4, -0.2) is 68.8 Å². The van der Waals surface area contributed by atoms with Gasteiger partial charge in [-0.25, -0.2) is 24.0 Å². The molecule has 0 bridgehead atoms. The molecule has 174 valence electrons. The van der Waals surface area contributed by atoms with E-state index < -0.39 is 0 Å². The zero-order valence-electron chi connectivity index (χ0n) is 19.3. The predicted octanol–water partition coefficient (Wildman–Crippen LogP) is 2.66. The van der Waals surface area contributed by atoms with E-state index in [4.69, 9.17) is 4.74 Å². The van der Waals surface area contributed by atoms with Crippen molar-refractivity contribution in [3.63, 3.8) is 0 Å². The van der Waals surface area contributed by atoms with Crippen LogP contribution < -0.4 is 9.64 Å². The number of ether oxygens (including phenoxy) is 1. The average molecular weight is 454 g/mol. The van der Waals surface area contributed by atoms with Crippen molar-refractivity contribution in [3.8, 4) is 17.3 Å². The molecule has 1 aromatic carbocycles. The fraction of sp³-hybridized carbons (Fsp3) is 0.435. The molecule has 0 saturated carbocycles. The molecule has 0 radical (unpaired) electrons. The first kappa shape index (κ1) is 22.6. The Morgan fingerprint density at radius 2 is 1.91 bits per heavy atom. The molecule has 4 rings (SSSR count). The molecule has 1 aliphatic rings. The number of methoxy groups -OCH3 is 1. The van der Waals surface area contributed by atoms with E-state index in [2.05, 4.69) is 25.0 Å². The van der Waals surface area contributed by atoms with Gasteiger partial charge in [-0.2, -0.15) is 5.10 Å². The number of halogens is 1. The maximum Gasteiger partial charge on any atom is 0.244 e. The first-order chi connectivity index (χ1) is 15.9. The van der Waals surface area contributed by atoms with Crippen LogP contribution in [0.3, 0.4) is 0 Å². The normalized spacial score (nSPS) is 14.1. The molecule has 0 aliphatic carbocycles. The van der Waals surface area contributed by atoms with Gasteiger partial charge < -0.3 is 14.5 Å². The summed E-state index contributed by atoms with van der Waals surface area (Å²) in [6.45, 7) is 8.35. The molecule has 1 fully saturated rings. The monoisotopic (exact) mass is 453 g/mol.